The molecule has 0 unspecified atom stereocenters. The van der Waals surface area contributed by atoms with Crippen molar-refractivity contribution in [2.75, 3.05) is 36.6 Å². The molecule has 4 rings (SSSR count). The predicted octanol–water partition coefficient (Wildman–Crippen LogP) is 3.31. The van der Waals surface area contributed by atoms with Crippen LogP contribution in [0.15, 0.2) is 42.5 Å². The molecule has 0 bridgehead atoms. The van der Waals surface area contributed by atoms with Crippen molar-refractivity contribution >= 4 is 23.3 Å². The summed E-state index contributed by atoms with van der Waals surface area (Å²) < 4.78 is 48.3. The fourth-order valence-corrected chi connectivity index (χ4v) is 3.14. The summed E-state index contributed by atoms with van der Waals surface area (Å²) >= 11 is 0. The molecule has 0 spiro atoms. The van der Waals surface area contributed by atoms with Crippen LogP contribution in [-0.2, 0) is 11.0 Å². The molecule has 152 valence electrons. The zero-order chi connectivity index (χ0) is 20.6. The predicted molar refractivity (Wildman–Crippen MR) is 97.0 cm³/mol. The number of ether oxygens (including phenoxy) is 2. The maximum Gasteiger partial charge on any atom is 0.416 e. The number of hydrogen-bond acceptors (Lipinski definition) is 4. The lowest BCUT2D eigenvalue weighted by molar-refractivity contribution is -0.137. The largest absolute Gasteiger partial charge is 0.454 e. The third kappa shape index (κ3) is 3.91. The van der Waals surface area contributed by atoms with Crippen LogP contribution in [-0.4, -0.2) is 43.3 Å². The van der Waals surface area contributed by atoms with E-state index in [-0.39, 0.29) is 25.1 Å². The van der Waals surface area contributed by atoms with Gasteiger partial charge in [0.15, 0.2) is 11.5 Å². The minimum Gasteiger partial charge on any atom is -0.454 e. The lowest BCUT2D eigenvalue weighted by atomic mass is 10.2. The van der Waals surface area contributed by atoms with Crippen molar-refractivity contribution in [1.29, 1.82) is 0 Å². The number of rotatable bonds is 4. The van der Waals surface area contributed by atoms with Crippen molar-refractivity contribution in [3.63, 3.8) is 0 Å². The second-order valence-corrected chi connectivity index (χ2v) is 6.52. The van der Waals surface area contributed by atoms with Crippen molar-refractivity contribution in [1.82, 2.24) is 4.90 Å². The molecule has 2 aromatic rings. The van der Waals surface area contributed by atoms with Crippen LogP contribution < -0.4 is 19.7 Å². The number of nitrogens with zero attached hydrogens (tertiary/aromatic N) is 2. The molecule has 29 heavy (non-hydrogen) atoms. The van der Waals surface area contributed by atoms with Crippen molar-refractivity contribution in [3.05, 3.63) is 48.0 Å². The molecule has 2 aliphatic heterocycles. The zero-order valence-electron chi connectivity index (χ0n) is 15.0. The van der Waals surface area contributed by atoms with Gasteiger partial charge in [-0.3, -0.25) is 9.69 Å². The van der Waals surface area contributed by atoms with Crippen LogP contribution in [0.4, 0.5) is 29.3 Å². The van der Waals surface area contributed by atoms with Gasteiger partial charge in [-0.1, -0.05) is 0 Å². The highest BCUT2D eigenvalue weighted by Gasteiger charge is 2.32. The number of halogens is 3. The molecule has 2 heterocycles. The minimum atomic E-state index is -4.44. The van der Waals surface area contributed by atoms with Crippen LogP contribution in [0.25, 0.3) is 0 Å². The van der Waals surface area contributed by atoms with Gasteiger partial charge in [0, 0.05) is 30.5 Å². The van der Waals surface area contributed by atoms with Gasteiger partial charge in [-0.25, -0.2) is 4.79 Å². The van der Waals surface area contributed by atoms with Crippen molar-refractivity contribution in [2.45, 2.75) is 6.18 Å². The van der Waals surface area contributed by atoms with E-state index < -0.39 is 17.6 Å². The topological polar surface area (TPSA) is 71.1 Å². The smallest absolute Gasteiger partial charge is 0.416 e. The number of fused-ring (bicyclic) bond motifs is 1. The summed E-state index contributed by atoms with van der Waals surface area (Å²) in [6.07, 6.45) is -4.44. The third-order valence-electron chi connectivity index (χ3n) is 4.59. The number of amides is 3. The Balaban J connectivity index is 1.36. The van der Waals surface area contributed by atoms with E-state index in [9.17, 15) is 22.8 Å². The van der Waals surface area contributed by atoms with E-state index in [4.69, 9.17) is 9.47 Å². The first-order chi connectivity index (χ1) is 13.8. The van der Waals surface area contributed by atoms with Gasteiger partial charge in [0.2, 0.25) is 12.7 Å². The van der Waals surface area contributed by atoms with Gasteiger partial charge >= 0.3 is 12.2 Å². The third-order valence-corrected chi connectivity index (χ3v) is 4.59. The van der Waals surface area contributed by atoms with E-state index in [0.29, 0.717) is 30.3 Å². The van der Waals surface area contributed by atoms with E-state index in [2.05, 4.69) is 5.32 Å². The van der Waals surface area contributed by atoms with Gasteiger partial charge < -0.3 is 19.7 Å². The highest BCUT2D eigenvalue weighted by Crippen LogP contribution is 2.36. The fraction of sp³-hybridized carbons (Fsp3) is 0.263. The zero-order valence-corrected chi connectivity index (χ0v) is 15.0. The molecule has 0 aromatic heterocycles. The number of benzene rings is 2. The number of alkyl halides is 3. The number of hydrogen-bond donors (Lipinski definition) is 1. The average molecular weight is 407 g/mol. The standard InChI is InChI=1S/C19H16F3N3O4/c20-19(21,22)12-1-3-13(4-2-12)23-17(26)10-24-7-8-25(18(24)27)14-5-6-15-16(9-14)29-11-28-15/h1-6,9H,7-8,10-11H2,(H,23,26). The lowest BCUT2D eigenvalue weighted by Crippen LogP contribution is -2.37. The number of anilines is 2. The van der Waals surface area contributed by atoms with Gasteiger partial charge in [-0.2, -0.15) is 13.2 Å². The van der Waals surface area contributed by atoms with Crippen molar-refractivity contribution in [2.24, 2.45) is 0 Å². The first-order valence-electron chi connectivity index (χ1n) is 8.74. The molecule has 1 saturated heterocycles. The molecule has 7 nitrogen and oxygen atoms in total. The fourth-order valence-electron chi connectivity index (χ4n) is 3.14. The van der Waals surface area contributed by atoms with Crippen molar-refractivity contribution < 1.29 is 32.2 Å². The Hall–Kier alpha value is -3.43. The monoisotopic (exact) mass is 407 g/mol. The molecular weight excluding hydrogens is 391 g/mol. The first kappa shape index (κ1) is 18.9. The van der Waals surface area contributed by atoms with E-state index in [1.165, 1.54) is 21.9 Å². The van der Waals surface area contributed by atoms with Crippen LogP contribution in [0.5, 0.6) is 11.5 Å². The van der Waals surface area contributed by atoms with Crippen LogP contribution in [0, 0.1) is 0 Å². The highest BCUT2D eigenvalue weighted by molar-refractivity contribution is 5.99. The van der Waals surface area contributed by atoms with E-state index in [0.717, 1.165) is 12.1 Å². The van der Waals surface area contributed by atoms with Crippen LogP contribution in [0.1, 0.15) is 5.56 Å². The lowest BCUT2D eigenvalue weighted by Gasteiger charge is -2.18. The molecule has 0 atom stereocenters. The Labute approximate surface area is 163 Å². The quantitative estimate of drug-likeness (QED) is 0.844. The van der Waals surface area contributed by atoms with Gasteiger partial charge in [-0.05, 0) is 36.4 Å². The molecule has 0 aliphatic carbocycles. The molecule has 2 aliphatic rings. The van der Waals surface area contributed by atoms with Gasteiger partial charge in [0.25, 0.3) is 0 Å². The number of carbonyl (C=O) groups is 2. The Morgan fingerprint density at radius 1 is 1.03 bits per heavy atom. The van der Waals surface area contributed by atoms with Gasteiger partial charge in [0.05, 0.1) is 5.56 Å². The summed E-state index contributed by atoms with van der Waals surface area (Å²) in [7, 11) is 0. The molecule has 2 aromatic carbocycles. The van der Waals surface area contributed by atoms with Gasteiger partial charge in [0.1, 0.15) is 6.54 Å². The normalized spacial score (nSPS) is 15.8. The summed E-state index contributed by atoms with van der Waals surface area (Å²) in [6.45, 7) is 0.656. The van der Waals surface area contributed by atoms with E-state index in [1.54, 1.807) is 18.2 Å². The minimum absolute atomic E-state index is 0.128. The SMILES string of the molecule is O=C(CN1CCN(c2ccc3c(c2)OCO3)C1=O)Nc1ccc(C(F)(F)F)cc1. The molecule has 1 fully saturated rings. The van der Waals surface area contributed by atoms with Crippen LogP contribution in [0.3, 0.4) is 0 Å². The summed E-state index contributed by atoms with van der Waals surface area (Å²) in [4.78, 5) is 27.7. The van der Waals surface area contributed by atoms with Gasteiger partial charge in [-0.15, -0.1) is 0 Å². The molecular formula is C19H16F3N3O4. The summed E-state index contributed by atoms with van der Waals surface area (Å²) in [5, 5.41) is 2.50. The molecule has 0 radical (unpaired) electrons. The second kappa shape index (κ2) is 7.19. The molecule has 1 N–H and O–H groups in total. The maximum absolute atomic E-state index is 12.6. The summed E-state index contributed by atoms with van der Waals surface area (Å²) in [6, 6.07) is 8.92. The first-order valence-corrected chi connectivity index (χ1v) is 8.74. The summed E-state index contributed by atoms with van der Waals surface area (Å²) in [5.74, 6) is 0.660. The highest BCUT2D eigenvalue weighted by atomic mass is 19.4. The van der Waals surface area contributed by atoms with E-state index in [1.807, 2.05) is 0 Å². The van der Waals surface area contributed by atoms with Crippen LogP contribution in [0.2, 0.25) is 0 Å². The Bertz CT molecular complexity index is 947. The molecule has 10 heteroatoms. The Kier molecular flexibility index (Phi) is 4.69. The summed E-state index contributed by atoms with van der Waals surface area (Å²) in [5.41, 5.74) is 0.0526. The Morgan fingerprint density at radius 2 is 1.76 bits per heavy atom. The second-order valence-electron chi connectivity index (χ2n) is 6.52. The Morgan fingerprint density at radius 3 is 2.48 bits per heavy atom. The maximum atomic E-state index is 12.6. The van der Waals surface area contributed by atoms with E-state index >= 15 is 0 Å². The van der Waals surface area contributed by atoms with Crippen molar-refractivity contribution in [3.8, 4) is 11.5 Å². The molecule has 3 amide bonds. The number of carbonyl (C=O) groups excluding carboxylic acids is 2. The number of nitrogens with one attached hydrogen (secondary N) is 1. The number of urea groups is 1. The van der Waals surface area contributed by atoms with Crippen LogP contribution >= 0.6 is 0 Å². The molecule has 0 saturated carbocycles. The average Bonchev–Trinajstić information content (AvgIpc) is 3.28.